The molecule has 0 saturated carbocycles. The summed E-state index contributed by atoms with van der Waals surface area (Å²) in [5, 5.41) is 7.19. The van der Waals surface area contributed by atoms with Gasteiger partial charge in [0, 0.05) is 16.8 Å². The lowest BCUT2D eigenvalue weighted by molar-refractivity contribution is 0.311. The summed E-state index contributed by atoms with van der Waals surface area (Å²) >= 11 is 0. The van der Waals surface area contributed by atoms with Gasteiger partial charge in [-0.05, 0) is 37.3 Å². The predicted octanol–water partition coefficient (Wildman–Crippen LogP) is 3.13. The van der Waals surface area contributed by atoms with Gasteiger partial charge in [0.25, 0.3) is 0 Å². The standard InChI is InChI=1S/C17H18N4O2/c1-3-23-14-9-8-11(10-15(14)22-2)16-19-17(21-20-16)12-6-4-5-7-13(12)18/h4-10H,3,18H2,1-2H3,(H,19,20,21). The highest BCUT2D eigenvalue weighted by Crippen LogP contribution is 2.32. The molecule has 3 rings (SSSR count). The number of anilines is 1. The third-order valence-electron chi connectivity index (χ3n) is 3.42. The van der Waals surface area contributed by atoms with Crippen LogP contribution in [0.1, 0.15) is 6.92 Å². The maximum absolute atomic E-state index is 5.98. The van der Waals surface area contributed by atoms with E-state index in [0.29, 0.717) is 35.4 Å². The molecule has 6 heteroatoms. The number of ether oxygens (including phenoxy) is 2. The molecule has 0 fully saturated rings. The predicted molar refractivity (Wildman–Crippen MR) is 89.4 cm³/mol. The summed E-state index contributed by atoms with van der Waals surface area (Å²) in [6.07, 6.45) is 0. The lowest BCUT2D eigenvalue weighted by atomic mass is 10.1. The molecule has 0 radical (unpaired) electrons. The van der Waals surface area contributed by atoms with Gasteiger partial charge >= 0.3 is 0 Å². The molecule has 0 aliphatic rings. The van der Waals surface area contributed by atoms with E-state index in [1.165, 1.54) is 0 Å². The van der Waals surface area contributed by atoms with Gasteiger partial charge in [0.1, 0.15) is 0 Å². The van der Waals surface area contributed by atoms with Crippen LogP contribution in [0.15, 0.2) is 42.5 Å². The number of nitrogens with zero attached hydrogens (tertiary/aromatic N) is 2. The van der Waals surface area contributed by atoms with E-state index >= 15 is 0 Å². The van der Waals surface area contributed by atoms with Crippen LogP contribution in [0.3, 0.4) is 0 Å². The van der Waals surface area contributed by atoms with Crippen LogP contribution in [0.25, 0.3) is 22.8 Å². The van der Waals surface area contributed by atoms with Crippen molar-refractivity contribution >= 4 is 5.69 Å². The fraction of sp³-hybridized carbons (Fsp3) is 0.176. The minimum atomic E-state index is 0.574. The van der Waals surface area contributed by atoms with Gasteiger partial charge in [-0.1, -0.05) is 12.1 Å². The highest BCUT2D eigenvalue weighted by atomic mass is 16.5. The quantitative estimate of drug-likeness (QED) is 0.707. The number of benzene rings is 2. The fourth-order valence-electron chi connectivity index (χ4n) is 2.31. The molecule has 0 saturated heterocycles. The molecule has 0 unspecified atom stereocenters. The van der Waals surface area contributed by atoms with Crippen LogP contribution in [0.5, 0.6) is 11.5 Å². The van der Waals surface area contributed by atoms with Crippen molar-refractivity contribution in [1.29, 1.82) is 0 Å². The molecule has 0 amide bonds. The number of hydrogen-bond donors (Lipinski definition) is 2. The van der Waals surface area contributed by atoms with Crippen LogP contribution in [0, 0.1) is 0 Å². The number of nitrogens with one attached hydrogen (secondary N) is 1. The second-order valence-corrected chi connectivity index (χ2v) is 4.89. The molecule has 3 N–H and O–H groups in total. The fourth-order valence-corrected chi connectivity index (χ4v) is 2.31. The number of para-hydroxylation sites is 1. The van der Waals surface area contributed by atoms with Crippen molar-refractivity contribution in [1.82, 2.24) is 15.2 Å². The van der Waals surface area contributed by atoms with Gasteiger partial charge in [0.2, 0.25) is 0 Å². The molecule has 0 bridgehead atoms. The first-order chi connectivity index (χ1) is 11.2. The Bertz CT molecular complexity index is 814. The largest absolute Gasteiger partial charge is 0.493 e. The second kappa shape index (κ2) is 6.39. The molecule has 6 nitrogen and oxygen atoms in total. The summed E-state index contributed by atoms with van der Waals surface area (Å²) in [7, 11) is 1.61. The molecule has 0 atom stereocenters. The van der Waals surface area contributed by atoms with Gasteiger partial charge in [0.15, 0.2) is 23.1 Å². The van der Waals surface area contributed by atoms with Crippen molar-refractivity contribution in [3.63, 3.8) is 0 Å². The molecular weight excluding hydrogens is 292 g/mol. The Morgan fingerprint density at radius 1 is 1.13 bits per heavy atom. The van der Waals surface area contributed by atoms with E-state index in [2.05, 4.69) is 15.2 Å². The molecule has 3 aromatic rings. The average molecular weight is 310 g/mol. The highest BCUT2D eigenvalue weighted by Gasteiger charge is 2.12. The molecule has 1 aromatic heterocycles. The summed E-state index contributed by atoms with van der Waals surface area (Å²) in [5.74, 6) is 2.55. The Labute approximate surface area is 134 Å². The first-order valence-corrected chi connectivity index (χ1v) is 7.31. The Balaban J connectivity index is 1.96. The average Bonchev–Trinajstić information content (AvgIpc) is 3.05. The minimum Gasteiger partial charge on any atom is -0.493 e. The van der Waals surface area contributed by atoms with Crippen LogP contribution >= 0.6 is 0 Å². The number of nitrogen functional groups attached to an aromatic ring is 1. The first-order valence-electron chi connectivity index (χ1n) is 7.31. The van der Waals surface area contributed by atoms with Gasteiger partial charge in [-0.15, -0.1) is 0 Å². The van der Waals surface area contributed by atoms with E-state index in [1.54, 1.807) is 7.11 Å². The van der Waals surface area contributed by atoms with E-state index in [0.717, 1.165) is 11.1 Å². The van der Waals surface area contributed by atoms with Gasteiger partial charge in [-0.2, -0.15) is 5.10 Å². The number of hydrogen-bond acceptors (Lipinski definition) is 5. The summed E-state index contributed by atoms with van der Waals surface area (Å²) in [4.78, 5) is 4.52. The summed E-state index contributed by atoms with van der Waals surface area (Å²) in [6, 6.07) is 13.1. The van der Waals surface area contributed by atoms with Crippen molar-refractivity contribution in [3.8, 4) is 34.3 Å². The lowest BCUT2D eigenvalue weighted by Gasteiger charge is -2.09. The Morgan fingerprint density at radius 2 is 1.96 bits per heavy atom. The summed E-state index contributed by atoms with van der Waals surface area (Å²) in [5.41, 5.74) is 8.29. The molecule has 23 heavy (non-hydrogen) atoms. The highest BCUT2D eigenvalue weighted by molar-refractivity contribution is 5.72. The van der Waals surface area contributed by atoms with E-state index in [1.807, 2.05) is 49.4 Å². The minimum absolute atomic E-state index is 0.574. The Morgan fingerprint density at radius 3 is 2.70 bits per heavy atom. The number of methoxy groups -OCH3 is 1. The van der Waals surface area contributed by atoms with Crippen molar-refractivity contribution in [3.05, 3.63) is 42.5 Å². The van der Waals surface area contributed by atoms with E-state index in [9.17, 15) is 0 Å². The first kappa shape index (κ1) is 14.9. The lowest BCUT2D eigenvalue weighted by Crippen LogP contribution is -1.95. The Kier molecular flexibility index (Phi) is 4.14. The maximum Gasteiger partial charge on any atom is 0.181 e. The number of nitrogens with two attached hydrogens (primary N) is 1. The van der Waals surface area contributed by atoms with Crippen molar-refractivity contribution in [2.45, 2.75) is 6.92 Å². The summed E-state index contributed by atoms with van der Waals surface area (Å²) < 4.78 is 10.9. The zero-order valence-electron chi connectivity index (χ0n) is 13.0. The van der Waals surface area contributed by atoms with Gasteiger partial charge in [-0.25, -0.2) is 4.98 Å². The molecular formula is C17H18N4O2. The van der Waals surface area contributed by atoms with Crippen molar-refractivity contribution < 1.29 is 9.47 Å². The van der Waals surface area contributed by atoms with Crippen LogP contribution in [0.4, 0.5) is 5.69 Å². The second-order valence-electron chi connectivity index (χ2n) is 4.89. The molecule has 0 spiro atoms. The van der Waals surface area contributed by atoms with Gasteiger partial charge in [-0.3, -0.25) is 5.10 Å². The van der Waals surface area contributed by atoms with Crippen molar-refractivity contribution in [2.75, 3.05) is 19.5 Å². The van der Waals surface area contributed by atoms with Crippen LogP contribution in [-0.2, 0) is 0 Å². The van der Waals surface area contributed by atoms with Crippen LogP contribution < -0.4 is 15.2 Å². The zero-order valence-corrected chi connectivity index (χ0v) is 13.0. The SMILES string of the molecule is CCOc1ccc(-c2n[nH]c(-c3ccccc3N)n2)cc1OC. The van der Waals surface area contributed by atoms with Crippen molar-refractivity contribution in [2.24, 2.45) is 0 Å². The number of rotatable bonds is 5. The molecule has 0 aliphatic carbocycles. The van der Waals surface area contributed by atoms with E-state index in [4.69, 9.17) is 15.2 Å². The normalized spacial score (nSPS) is 10.5. The third kappa shape index (κ3) is 2.96. The van der Waals surface area contributed by atoms with Gasteiger partial charge in [0.05, 0.1) is 13.7 Å². The van der Waals surface area contributed by atoms with E-state index < -0.39 is 0 Å². The number of H-pyrrole nitrogens is 1. The molecule has 0 aliphatic heterocycles. The third-order valence-corrected chi connectivity index (χ3v) is 3.42. The van der Waals surface area contributed by atoms with Crippen LogP contribution in [-0.4, -0.2) is 28.9 Å². The van der Waals surface area contributed by atoms with E-state index in [-0.39, 0.29) is 0 Å². The zero-order chi connectivity index (χ0) is 16.2. The molecule has 1 heterocycles. The maximum atomic E-state index is 5.98. The number of aromatic nitrogens is 3. The van der Waals surface area contributed by atoms with Crippen LogP contribution in [0.2, 0.25) is 0 Å². The monoisotopic (exact) mass is 310 g/mol. The van der Waals surface area contributed by atoms with Gasteiger partial charge < -0.3 is 15.2 Å². The Hall–Kier alpha value is -3.02. The summed E-state index contributed by atoms with van der Waals surface area (Å²) in [6.45, 7) is 2.51. The number of aromatic amines is 1. The molecule has 118 valence electrons. The topological polar surface area (TPSA) is 86.0 Å². The molecule has 2 aromatic carbocycles. The smallest absolute Gasteiger partial charge is 0.181 e.